The third-order valence-electron chi connectivity index (χ3n) is 2.51. The number of benzene rings is 1. The van der Waals surface area contributed by atoms with Crippen LogP contribution in [0.3, 0.4) is 0 Å². The van der Waals surface area contributed by atoms with E-state index in [4.69, 9.17) is 0 Å². The van der Waals surface area contributed by atoms with E-state index < -0.39 is 0 Å². The van der Waals surface area contributed by atoms with Crippen LogP contribution in [0.25, 0.3) is 10.9 Å². The molecular formula is C12H10N2. The Morgan fingerprint density at radius 2 is 2.14 bits per heavy atom. The molecule has 3 rings (SSSR count). The quantitative estimate of drug-likeness (QED) is 0.596. The van der Waals surface area contributed by atoms with Gasteiger partial charge in [0.1, 0.15) is 5.82 Å². The average Bonchev–Trinajstić information content (AvgIpc) is 2.42. The van der Waals surface area contributed by atoms with E-state index in [1.807, 2.05) is 12.3 Å². The Bertz CT molecular complexity index is 532. The van der Waals surface area contributed by atoms with Gasteiger partial charge < -0.3 is 4.57 Å². The maximum atomic E-state index is 4.38. The van der Waals surface area contributed by atoms with Crippen molar-refractivity contribution in [3.63, 3.8) is 0 Å². The molecule has 0 N–H and O–H groups in total. The maximum absolute atomic E-state index is 4.38. The summed E-state index contributed by atoms with van der Waals surface area (Å²) in [5.74, 6) is 1.04. The van der Waals surface area contributed by atoms with E-state index in [1.165, 1.54) is 10.9 Å². The van der Waals surface area contributed by atoms with Crippen molar-refractivity contribution in [3.8, 4) is 0 Å². The predicted octanol–water partition coefficient (Wildman–Crippen LogP) is 2.91. The highest BCUT2D eigenvalue weighted by molar-refractivity contribution is 5.86. The molecule has 1 aliphatic heterocycles. The fraction of sp³-hybridized carbons (Fsp3) is 0.0833. The molecule has 2 heteroatoms. The van der Waals surface area contributed by atoms with Crippen LogP contribution in [0, 0.1) is 0 Å². The number of hydrogen-bond acceptors (Lipinski definition) is 1. The molecule has 1 aromatic carbocycles. The minimum atomic E-state index is 0.906. The van der Waals surface area contributed by atoms with E-state index in [-0.39, 0.29) is 0 Å². The molecule has 0 fully saturated rings. The normalized spacial score (nSPS) is 14.3. The van der Waals surface area contributed by atoms with Gasteiger partial charge in [-0.1, -0.05) is 24.3 Å². The van der Waals surface area contributed by atoms with Gasteiger partial charge in [-0.05, 0) is 18.2 Å². The zero-order valence-electron chi connectivity index (χ0n) is 7.72. The standard InChI is InChI=1S/C12H10N2/c1-2-6-11-10(5-1)9-12-13-7-3-4-8-14(11)12/h1-7,9H,8H2. The molecule has 0 bridgehead atoms. The first-order valence-electron chi connectivity index (χ1n) is 4.72. The Kier molecular flexibility index (Phi) is 1.53. The maximum Gasteiger partial charge on any atom is 0.133 e. The number of nitrogens with zero attached hydrogens (tertiary/aromatic N) is 2. The minimum Gasteiger partial charge on any atom is -0.322 e. The zero-order valence-corrected chi connectivity index (χ0v) is 7.72. The summed E-state index contributed by atoms with van der Waals surface area (Å²) < 4.78 is 2.22. The molecule has 2 heterocycles. The average molecular weight is 182 g/mol. The summed E-state index contributed by atoms with van der Waals surface area (Å²) in [6, 6.07) is 10.5. The van der Waals surface area contributed by atoms with Gasteiger partial charge in [-0.3, -0.25) is 0 Å². The molecule has 0 saturated heterocycles. The number of aliphatic imine (C=N–C) groups is 1. The lowest BCUT2D eigenvalue weighted by molar-refractivity contribution is 0.870. The van der Waals surface area contributed by atoms with Crippen LogP contribution in [0.2, 0.25) is 0 Å². The Hall–Kier alpha value is -1.83. The molecule has 1 aliphatic rings. The molecule has 0 amide bonds. The number of allylic oxidation sites excluding steroid dienone is 2. The predicted molar refractivity (Wildman–Crippen MR) is 59.2 cm³/mol. The second kappa shape index (κ2) is 2.84. The topological polar surface area (TPSA) is 17.3 Å². The smallest absolute Gasteiger partial charge is 0.133 e. The summed E-state index contributed by atoms with van der Waals surface area (Å²) in [6.07, 6.45) is 5.95. The van der Waals surface area contributed by atoms with Crippen molar-refractivity contribution in [1.82, 2.24) is 4.57 Å². The van der Waals surface area contributed by atoms with Gasteiger partial charge in [-0.2, -0.15) is 0 Å². The highest BCUT2D eigenvalue weighted by Gasteiger charge is 2.06. The van der Waals surface area contributed by atoms with E-state index in [0.717, 1.165) is 12.4 Å². The van der Waals surface area contributed by atoms with E-state index in [0.29, 0.717) is 0 Å². The van der Waals surface area contributed by atoms with Crippen molar-refractivity contribution in [2.24, 2.45) is 4.99 Å². The molecule has 0 aliphatic carbocycles. The summed E-state index contributed by atoms with van der Waals surface area (Å²) in [4.78, 5) is 4.38. The summed E-state index contributed by atoms with van der Waals surface area (Å²) in [5.41, 5.74) is 1.26. The lowest BCUT2D eigenvalue weighted by Crippen LogP contribution is -1.92. The molecular weight excluding hydrogens is 172 g/mol. The van der Waals surface area contributed by atoms with Gasteiger partial charge in [0.05, 0.1) is 5.52 Å². The number of fused-ring (bicyclic) bond motifs is 3. The van der Waals surface area contributed by atoms with E-state index in [2.05, 4.69) is 46.0 Å². The van der Waals surface area contributed by atoms with Crippen LogP contribution in [-0.2, 0) is 6.54 Å². The Labute approximate surface area is 82.2 Å². The van der Waals surface area contributed by atoms with Crippen LogP contribution < -0.4 is 0 Å². The van der Waals surface area contributed by atoms with Crippen LogP contribution in [0.15, 0.2) is 47.5 Å². The molecule has 2 aromatic rings. The third kappa shape index (κ3) is 1.01. The molecule has 0 radical (unpaired) electrons. The summed E-state index contributed by atoms with van der Waals surface area (Å²) in [6.45, 7) is 0.906. The van der Waals surface area contributed by atoms with Crippen molar-refractivity contribution in [1.29, 1.82) is 0 Å². The van der Waals surface area contributed by atoms with E-state index in [1.54, 1.807) is 0 Å². The first-order valence-corrected chi connectivity index (χ1v) is 4.72. The van der Waals surface area contributed by atoms with Crippen LogP contribution in [0.4, 0.5) is 5.82 Å². The third-order valence-corrected chi connectivity index (χ3v) is 2.51. The molecule has 14 heavy (non-hydrogen) atoms. The van der Waals surface area contributed by atoms with E-state index in [9.17, 15) is 0 Å². The zero-order chi connectivity index (χ0) is 9.38. The van der Waals surface area contributed by atoms with Crippen molar-refractivity contribution in [2.45, 2.75) is 6.54 Å². The van der Waals surface area contributed by atoms with Gasteiger partial charge in [0.25, 0.3) is 0 Å². The molecule has 0 atom stereocenters. The number of rotatable bonds is 0. The Balaban J connectivity index is 2.37. The largest absolute Gasteiger partial charge is 0.322 e. The van der Waals surface area contributed by atoms with Crippen molar-refractivity contribution in [2.75, 3.05) is 0 Å². The summed E-state index contributed by atoms with van der Waals surface area (Å²) in [7, 11) is 0. The lowest BCUT2D eigenvalue weighted by Gasteiger charge is -2.01. The Morgan fingerprint density at radius 3 is 3.14 bits per heavy atom. The molecule has 0 unspecified atom stereocenters. The number of hydrogen-bond donors (Lipinski definition) is 0. The second-order valence-electron chi connectivity index (χ2n) is 3.38. The SMILES string of the molecule is C1=CCn2c(cc3ccccc32)N=C1. The van der Waals surface area contributed by atoms with E-state index >= 15 is 0 Å². The Morgan fingerprint density at radius 1 is 1.21 bits per heavy atom. The highest BCUT2D eigenvalue weighted by atomic mass is 15.1. The number of para-hydroxylation sites is 1. The van der Waals surface area contributed by atoms with Crippen molar-refractivity contribution < 1.29 is 0 Å². The molecule has 0 saturated carbocycles. The molecule has 1 aromatic heterocycles. The number of aromatic nitrogens is 1. The molecule has 0 spiro atoms. The van der Waals surface area contributed by atoms with Gasteiger partial charge in [0.2, 0.25) is 0 Å². The second-order valence-corrected chi connectivity index (χ2v) is 3.38. The van der Waals surface area contributed by atoms with Crippen LogP contribution in [0.5, 0.6) is 0 Å². The lowest BCUT2D eigenvalue weighted by atomic mass is 10.2. The fourth-order valence-electron chi connectivity index (χ4n) is 1.84. The first-order chi connectivity index (χ1) is 6.95. The molecule has 2 nitrogen and oxygen atoms in total. The monoisotopic (exact) mass is 182 g/mol. The van der Waals surface area contributed by atoms with Crippen LogP contribution in [0.1, 0.15) is 0 Å². The summed E-state index contributed by atoms with van der Waals surface area (Å²) in [5, 5.41) is 1.26. The van der Waals surface area contributed by atoms with Gasteiger partial charge >= 0.3 is 0 Å². The highest BCUT2D eigenvalue weighted by Crippen LogP contribution is 2.26. The van der Waals surface area contributed by atoms with Gasteiger partial charge in [0.15, 0.2) is 0 Å². The van der Waals surface area contributed by atoms with Crippen molar-refractivity contribution >= 4 is 22.9 Å². The minimum absolute atomic E-state index is 0.906. The summed E-state index contributed by atoms with van der Waals surface area (Å²) >= 11 is 0. The van der Waals surface area contributed by atoms with Crippen molar-refractivity contribution in [3.05, 3.63) is 42.5 Å². The molecule has 68 valence electrons. The van der Waals surface area contributed by atoms with Gasteiger partial charge in [-0.15, -0.1) is 0 Å². The fourth-order valence-corrected chi connectivity index (χ4v) is 1.84. The van der Waals surface area contributed by atoms with Gasteiger partial charge in [0, 0.05) is 18.1 Å². The van der Waals surface area contributed by atoms with Crippen LogP contribution in [-0.4, -0.2) is 10.8 Å². The van der Waals surface area contributed by atoms with Gasteiger partial charge in [-0.25, -0.2) is 4.99 Å². The first kappa shape index (κ1) is 7.56. The van der Waals surface area contributed by atoms with Crippen LogP contribution >= 0.6 is 0 Å².